The SMILES string of the molecule is Cc1[c]nc(Cl)c(C)c1Br. The van der Waals surface area contributed by atoms with Crippen LogP contribution in [-0.4, -0.2) is 4.98 Å². The largest absolute Gasteiger partial charge is 0.234 e. The zero-order valence-corrected chi connectivity index (χ0v) is 8.05. The van der Waals surface area contributed by atoms with E-state index in [1.54, 1.807) is 0 Å². The van der Waals surface area contributed by atoms with Crippen molar-refractivity contribution in [1.82, 2.24) is 4.98 Å². The molecule has 0 aromatic carbocycles. The van der Waals surface area contributed by atoms with Crippen LogP contribution in [0.25, 0.3) is 0 Å². The van der Waals surface area contributed by atoms with E-state index in [-0.39, 0.29) is 0 Å². The van der Waals surface area contributed by atoms with Gasteiger partial charge in [0.1, 0.15) is 5.15 Å². The highest BCUT2D eigenvalue weighted by Crippen LogP contribution is 2.24. The molecule has 0 saturated carbocycles. The average Bonchev–Trinajstić information content (AvgIpc) is 1.93. The summed E-state index contributed by atoms with van der Waals surface area (Å²) in [6.45, 7) is 3.85. The fourth-order valence-corrected chi connectivity index (χ4v) is 1.17. The van der Waals surface area contributed by atoms with Crippen molar-refractivity contribution in [3.8, 4) is 0 Å². The van der Waals surface area contributed by atoms with Gasteiger partial charge in [-0.15, -0.1) is 0 Å². The van der Waals surface area contributed by atoms with Crippen LogP contribution in [0.5, 0.6) is 0 Å². The second-order valence-electron chi connectivity index (χ2n) is 2.08. The molecule has 1 rings (SSSR count). The molecule has 0 spiro atoms. The number of nitrogens with zero attached hydrogens (tertiary/aromatic N) is 1. The second kappa shape index (κ2) is 2.89. The summed E-state index contributed by atoms with van der Waals surface area (Å²) in [4.78, 5) is 3.85. The normalized spacial score (nSPS) is 10.0. The van der Waals surface area contributed by atoms with Crippen LogP contribution in [0.4, 0.5) is 0 Å². The first kappa shape index (κ1) is 8.02. The van der Waals surface area contributed by atoms with Crippen LogP contribution >= 0.6 is 27.5 Å². The second-order valence-corrected chi connectivity index (χ2v) is 3.23. The van der Waals surface area contributed by atoms with Crippen molar-refractivity contribution in [1.29, 1.82) is 0 Å². The minimum Gasteiger partial charge on any atom is -0.234 e. The van der Waals surface area contributed by atoms with Crippen molar-refractivity contribution in [3.05, 3.63) is 26.9 Å². The summed E-state index contributed by atoms with van der Waals surface area (Å²) in [7, 11) is 0. The summed E-state index contributed by atoms with van der Waals surface area (Å²) in [6, 6.07) is 0. The molecule has 3 heteroatoms. The van der Waals surface area contributed by atoms with Crippen molar-refractivity contribution in [2.45, 2.75) is 13.8 Å². The van der Waals surface area contributed by atoms with E-state index in [4.69, 9.17) is 11.6 Å². The zero-order valence-electron chi connectivity index (χ0n) is 5.70. The molecule has 0 aliphatic heterocycles. The molecule has 0 aliphatic carbocycles. The Morgan fingerprint density at radius 1 is 1.50 bits per heavy atom. The Hall–Kier alpha value is -0.0800. The third-order valence-corrected chi connectivity index (χ3v) is 2.85. The van der Waals surface area contributed by atoms with E-state index in [1.165, 1.54) is 0 Å². The molecule has 0 bridgehead atoms. The molecule has 1 radical (unpaired) electrons. The average molecular weight is 219 g/mol. The molecule has 1 nitrogen and oxygen atoms in total. The van der Waals surface area contributed by atoms with Gasteiger partial charge in [-0.05, 0) is 19.4 Å². The van der Waals surface area contributed by atoms with Gasteiger partial charge in [0.05, 0.1) is 6.20 Å². The highest BCUT2D eigenvalue weighted by molar-refractivity contribution is 9.10. The maximum atomic E-state index is 5.71. The molecule has 0 N–H and O–H groups in total. The van der Waals surface area contributed by atoms with Crippen LogP contribution in [0.2, 0.25) is 5.15 Å². The fourth-order valence-electron chi connectivity index (χ4n) is 0.638. The monoisotopic (exact) mass is 218 g/mol. The van der Waals surface area contributed by atoms with Gasteiger partial charge in [-0.3, -0.25) is 0 Å². The molecule has 1 heterocycles. The van der Waals surface area contributed by atoms with Gasteiger partial charge in [0.15, 0.2) is 0 Å². The smallest absolute Gasteiger partial charge is 0.133 e. The van der Waals surface area contributed by atoms with Crippen LogP contribution in [0, 0.1) is 20.0 Å². The summed E-state index contributed by atoms with van der Waals surface area (Å²) >= 11 is 9.09. The van der Waals surface area contributed by atoms with E-state index in [1.807, 2.05) is 13.8 Å². The molecule has 1 aromatic rings. The molecule has 0 saturated heterocycles. The number of hydrogen-bond acceptors (Lipinski definition) is 1. The number of aromatic nitrogens is 1. The summed E-state index contributed by atoms with van der Waals surface area (Å²) in [6.07, 6.45) is 2.78. The first-order valence-electron chi connectivity index (χ1n) is 2.83. The Bertz CT molecular complexity index is 233. The summed E-state index contributed by atoms with van der Waals surface area (Å²) in [5.41, 5.74) is 1.96. The van der Waals surface area contributed by atoms with Crippen molar-refractivity contribution >= 4 is 27.5 Å². The highest BCUT2D eigenvalue weighted by atomic mass is 79.9. The molecule has 0 atom stereocenters. The zero-order chi connectivity index (χ0) is 7.72. The Balaban J connectivity index is 3.34. The molecular weight excluding hydrogens is 213 g/mol. The molecule has 0 fully saturated rings. The van der Waals surface area contributed by atoms with Crippen molar-refractivity contribution in [2.24, 2.45) is 0 Å². The number of halogens is 2. The lowest BCUT2D eigenvalue weighted by Gasteiger charge is -2.01. The number of aryl methyl sites for hydroxylation is 1. The molecule has 0 amide bonds. The summed E-state index contributed by atoms with van der Waals surface area (Å²) in [5, 5.41) is 0.512. The van der Waals surface area contributed by atoms with Crippen molar-refractivity contribution < 1.29 is 0 Å². The first-order chi connectivity index (χ1) is 4.63. The lowest BCUT2D eigenvalue weighted by Crippen LogP contribution is -1.86. The van der Waals surface area contributed by atoms with Crippen molar-refractivity contribution in [3.63, 3.8) is 0 Å². The third kappa shape index (κ3) is 1.32. The predicted molar refractivity (Wildman–Crippen MR) is 45.3 cm³/mol. The Kier molecular flexibility index (Phi) is 2.32. The van der Waals surface area contributed by atoms with Gasteiger partial charge in [-0.2, -0.15) is 0 Å². The fraction of sp³-hybridized carbons (Fsp3) is 0.286. The van der Waals surface area contributed by atoms with Crippen LogP contribution in [0.1, 0.15) is 11.1 Å². The van der Waals surface area contributed by atoms with E-state index in [0.29, 0.717) is 5.15 Å². The number of hydrogen-bond donors (Lipinski definition) is 0. The lowest BCUT2D eigenvalue weighted by atomic mass is 10.2. The van der Waals surface area contributed by atoms with Gasteiger partial charge < -0.3 is 0 Å². The van der Waals surface area contributed by atoms with Gasteiger partial charge in [-0.25, -0.2) is 4.98 Å². The first-order valence-corrected chi connectivity index (χ1v) is 4.00. The van der Waals surface area contributed by atoms with E-state index in [2.05, 4.69) is 27.1 Å². The van der Waals surface area contributed by atoms with Gasteiger partial charge in [0.2, 0.25) is 0 Å². The Morgan fingerprint density at radius 2 is 2.10 bits per heavy atom. The predicted octanol–water partition coefficient (Wildman–Crippen LogP) is 2.91. The van der Waals surface area contributed by atoms with Crippen LogP contribution in [-0.2, 0) is 0 Å². The maximum Gasteiger partial charge on any atom is 0.133 e. The van der Waals surface area contributed by atoms with E-state index < -0.39 is 0 Å². The molecular formula is C7H6BrClN. The lowest BCUT2D eigenvalue weighted by molar-refractivity contribution is 1.18. The topological polar surface area (TPSA) is 12.9 Å². The molecule has 10 heavy (non-hydrogen) atoms. The van der Waals surface area contributed by atoms with Crippen LogP contribution in [0.15, 0.2) is 4.47 Å². The number of pyridine rings is 1. The maximum absolute atomic E-state index is 5.71. The van der Waals surface area contributed by atoms with E-state index in [0.717, 1.165) is 15.6 Å². The standard InChI is InChI=1S/C7H6BrClN/c1-4-3-10-7(9)5(2)6(4)8/h1-2H3. The van der Waals surface area contributed by atoms with E-state index >= 15 is 0 Å². The molecule has 0 aliphatic rings. The Labute approximate surface area is 73.6 Å². The quantitative estimate of drug-likeness (QED) is 0.612. The van der Waals surface area contributed by atoms with Crippen molar-refractivity contribution in [2.75, 3.05) is 0 Å². The van der Waals surface area contributed by atoms with Crippen LogP contribution in [0.3, 0.4) is 0 Å². The molecule has 1 aromatic heterocycles. The summed E-state index contributed by atoms with van der Waals surface area (Å²) < 4.78 is 0.993. The molecule has 53 valence electrons. The number of rotatable bonds is 0. The minimum atomic E-state index is 0.512. The Morgan fingerprint density at radius 3 is 2.60 bits per heavy atom. The van der Waals surface area contributed by atoms with E-state index in [9.17, 15) is 0 Å². The highest BCUT2D eigenvalue weighted by Gasteiger charge is 2.03. The third-order valence-electron chi connectivity index (χ3n) is 1.29. The van der Waals surface area contributed by atoms with Gasteiger partial charge in [0, 0.05) is 10.0 Å². The summed E-state index contributed by atoms with van der Waals surface area (Å²) in [5.74, 6) is 0. The van der Waals surface area contributed by atoms with Gasteiger partial charge in [-0.1, -0.05) is 27.5 Å². The van der Waals surface area contributed by atoms with Crippen LogP contribution < -0.4 is 0 Å². The van der Waals surface area contributed by atoms with Gasteiger partial charge in [0.25, 0.3) is 0 Å². The van der Waals surface area contributed by atoms with Gasteiger partial charge >= 0.3 is 0 Å². The minimum absolute atomic E-state index is 0.512. The molecule has 0 unspecified atom stereocenters.